The van der Waals surface area contributed by atoms with Gasteiger partial charge in [0.1, 0.15) is 12.4 Å². The van der Waals surface area contributed by atoms with Crippen molar-refractivity contribution in [2.45, 2.75) is 20.1 Å². The molecule has 3 aromatic carbocycles. The van der Waals surface area contributed by atoms with E-state index in [1.54, 1.807) is 24.3 Å². The van der Waals surface area contributed by atoms with Crippen molar-refractivity contribution in [2.24, 2.45) is 0 Å². The van der Waals surface area contributed by atoms with Crippen LogP contribution in [0.15, 0.2) is 54.6 Å². The molecule has 0 aromatic heterocycles. The van der Waals surface area contributed by atoms with Gasteiger partial charge in [-0.05, 0) is 54.4 Å². The number of nitrogens with one attached hydrogen (secondary N) is 1. The maximum Gasteiger partial charge on any atom is 0.269 e. The zero-order chi connectivity index (χ0) is 21.0. The summed E-state index contributed by atoms with van der Waals surface area (Å²) >= 11 is 18.7. The van der Waals surface area contributed by atoms with Crippen molar-refractivity contribution < 1.29 is 9.66 Å². The number of nitro benzene ring substituents is 1. The fourth-order valence-electron chi connectivity index (χ4n) is 2.77. The molecule has 0 unspecified atom stereocenters. The van der Waals surface area contributed by atoms with Gasteiger partial charge < -0.3 is 10.1 Å². The van der Waals surface area contributed by atoms with E-state index in [9.17, 15) is 10.1 Å². The van der Waals surface area contributed by atoms with Crippen molar-refractivity contribution in [3.63, 3.8) is 0 Å². The lowest BCUT2D eigenvalue weighted by molar-refractivity contribution is -0.384. The van der Waals surface area contributed by atoms with Gasteiger partial charge in [-0.1, -0.05) is 40.9 Å². The molecule has 3 rings (SSSR count). The Labute approximate surface area is 183 Å². The molecule has 0 aliphatic heterocycles. The van der Waals surface area contributed by atoms with Crippen LogP contribution in [0.3, 0.4) is 0 Å². The zero-order valence-electron chi connectivity index (χ0n) is 15.4. The lowest BCUT2D eigenvalue weighted by atomic mass is 10.1. The van der Waals surface area contributed by atoms with Crippen LogP contribution in [0.25, 0.3) is 0 Å². The van der Waals surface area contributed by atoms with Gasteiger partial charge in [-0.2, -0.15) is 0 Å². The average molecular weight is 452 g/mol. The maximum absolute atomic E-state index is 10.8. The number of ether oxygens (including phenoxy) is 1. The Kier molecular flexibility index (Phi) is 6.85. The second-order valence-corrected chi connectivity index (χ2v) is 7.60. The van der Waals surface area contributed by atoms with Gasteiger partial charge in [0.25, 0.3) is 5.69 Å². The normalized spacial score (nSPS) is 10.6. The Morgan fingerprint density at radius 3 is 2.45 bits per heavy atom. The smallest absolute Gasteiger partial charge is 0.269 e. The number of rotatable bonds is 7. The van der Waals surface area contributed by atoms with Crippen LogP contribution in [0.5, 0.6) is 5.75 Å². The van der Waals surface area contributed by atoms with Gasteiger partial charge in [0, 0.05) is 40.0 Å². The molecule has 0 aliphatic carbocycles. The summed E-state index contributed by atoms with van der Waals surface area (Å²) in [5.74, 6) is 0.501. The Morgan fingerprint density at radius 1 is 1.03 bits per heavy atom. The lowest BCUT2D eigenvalue weighted by Crippen LogP contribution is -2.05. The summed E-state index contributed by atoms with van der Waals surface area (Å²) in [6.07, 6.45) is 0. The van der Waals surface area contributed by atoms with Crippen LogP contribution in [0.4, 0.5) is 11.4 Å². The predicted molar refractivity (Wildman–Crippen MR) is 117 cm³/mol. The largest absolute Gasteiger partial charge is 0.487 e. The molecular formula is C21H17Cl3N2O3. The third kappa shape index (κ3) is 5.32. The van der Waals surface area contributed by atoms with Gasteiger partial charge in [-0.15, -0.1) is 0 Å². The van der Waals surface area contributed by atoms with Crippen LogP contribution < -0.4 is 10.1 Å². The Morgan fingerprint density at radius 2 is 1.76 bits per heavy atom. The number of nitrogens with zero attached hydrogens (tertiary/aromatic N) is 1. The number of hydrogen-bond donors (Lipinski definition) is 1. The van der Waals surface area contributed by atoms with Crippen LogP contribution in [0.1, 0.15) is 16.7 Å². The highest BCUT2D eigenvalue weighted by Crippen LogP contribution is 2.34. The van der Waals surface area contributed by atoms with E-state index in [0.717, 1.165) is 22.4 Å². The number of benzene rings is 3. The van der Waals surface area contributed by atoms with E-state index in [2.05, 4.69) is 5.32 Å². The summed E-state index contributed by atoms with van der Waals surface area (Å²) < 4.78 is 5.93. The predicted octanol–water partition coefficient (Wildman–Crippen LogP) is 7.05. The highest BCUT2D eigenvalue weighted by molar-refractivity contribution is 6.35. The molecule has 0 radical (unpaired) electrons. The zero-order valence-corrected chi connectivity index (χ0v) is 17.7. The van der Waals surface area contributed by atoms with Crippen molar-refractivity contribution in [1.82, 2.24) is 0 Å². The highest BCUT2D eigenvalue weighted by atomic mass is 35.5. The monoisotopic (exact) mass is 450 g/mol. The maximum atomic E-state index is 10.8. The Balaban J connectivity index is 1.77. The van der Waals surface area contributed by atoms with Crippen LogP contribution in [0, 0.1) is 17.0 Å². The molecule has 0 amide bonds. The summed E-state index contributed by atoms with van der Waals surface area (Å²) in [6.45, 7) is 2.57. The number of non-ortho nitro benzene ring substituents is 1. The summed E-state index contributed by atoms with van der Waals surface area (Å²) in [7, 11) is 0. The highest BCUT2D eigenvalue weighted by Gasteiger charge is 2.13. The standard InChI is InChI=1S/C21H17Cl3N2O3/c1-13-18(23)3-2-4-20(13)25-11-15-9-16(22)10-19(24)21(15)29-12-14-5-7-17(8-6-14)26(27)28/h2-10,25H,11-12H2,1H3. The minimum Gasteiger partial charge on any atom is -0.487 e. The Hall–Kier alpha value is -2.47. The average Bonchev–Trinajstić information content (AvgIpc) is 2.68. The van der Waals surface area contributed by atoms with Gasteiger partial charge in [0.15, 0.2) is 0 Å². The fourth-order valence-corrected chi connectivity index (χ4v) is 3.53. The van der Waals surface area contributed by atoms with E-state index >= 15 is 0 Å². The van der Waals surface area contributed by atoms with Crippen LogP contribution in [-0.2, 0) is 13.2 Å². The molecule has 1 N–H and O–H groups in total. The van der Waals surface area contributed by atoms with Gasteiger partial charge in [0.2, 0.25) is 0 Å². The van der Waals surface area contributed by atoms with Gasteiger partial charge in [-0.25, -0.2) is 0 Å². The van der Waals surface area contributed by atoms with Crippen molar-refractivity contribution in [1.29, 1.82) is 0 Å². The molecule has 0 bridgehead atoms. The SMILES string of the molecule is Cc1c(Cl)cccc1NCc1cc(Cl)cc(Cl)c1OCc1ccc([N+](=O)[O-])cc1. The van der Waals surface area contributed by atoms with E-state index < -0.39 is 4.92 Å². The van der Waals surface area contributed by atoms with E-state index in [4.69, 9.17) is 39.5 Å². The third-order valence-corrected chi connectivity index (χ3v) is 5.26. The number of nitro groups is 1. The number of anilines is 1. The van der Waals surface area contributed by atoms with Crippen LogP contribution >= 0.6 is 34.8 Å². The van der Waals surface area contributed by atoms with Crippen LogP contribution in [0.2, 0.25) is 15.1 Å². The molecular weight excluding hydrogens is 435 g/mol. The molecule has 29 heavy (non-hydrogen) atoms. The molecule has 0 spiro atoms. The second-order valence-electron chi connectivity index (χ2n) is 6.35. The molecule has 0 atom stereocenters. The first kappa shape index (κ1) is 21.2. The summed E-state index contributed by atoms with van der Waals surface area (Å²) in [5, 5.41) is 15.7. The first-order valence-electron chi connectivity index (χ1n) is 8.68. The number of halogens is 3. The van der Waals surface area contributed by atoms with Crippen molar-refractivity contribution in [2.75, 3.05) is 5.32 Å². The molecule has 150 valence electrons. The molecule has 0 saturated heterocycles. The topological polar surface area (TPSA) is 64.4 Å². The molecule has 0 aliphatic rings. The molecule has 5 nitrogen and oxygen atoms in total. The van der Waals surface area contributed by atoms with E-state index in [-0.39, 0.29) is 12.3 Å². The third-order valence-electron chi connectivity index (χ3n) is 4.35. The minimum absolute atomic E-state index is 0.0278. The summed E-state index contributed by atoms with van der Waals surface area (Å²) in [4.78, 5) is 10.3. The fraction of sp³-hybridized carbons (Fsp3) is 0.143. The van der Waals surface area contributed by atoms with Gasteiger partial charge in [0.05, 0.1) is 9.95 Å². The lowest BCUT2D eigenvalue weighted by Gasteiger charge is -2.16. The Bertz CT molecular complexity index is 1040. The molecule has 3 aromatic rings. The van der Waals surface area contributed by atoms with Crippen molar-refractivity contribution >= 4 is 46.2 Å². The second kappa shape index (κ2) is 9.35. The van der Waals surface area contributed by atoms with Crippen molar-refractivity contribution in [3.8, 4) is 5.75 Å². The molecule has 8 heteroatoms. The van der Waals surface area contributed by atoms with E-state index in [0.29, 0.717) is 27.4 Å². The van der Waals surface area contributed by atoms with Crippen LogP contribution in [-0.4, -0.2) is 4.92 Å². The van der Waals surface area contributed by atoms with E-state index in [1.807, 2.05) is 25.1 Å². The summed E-state index contributed by atoms with van der Waals surface area (Å²) in [5.41, 5.74) is 3.43. The molecule has 0 heterocycles. The van der Waals surface area contributed by atoms with Gasteiger partial charge in [-0.3, -0.25) is 10.1 Å². The molecule has 0 saturated carbocycles. The quantitative estimate of drug-likeness (QED) is 0.308. The van der Waals surface area contributed by atoms with Gasteiger partial charge >= 0.3 is 0 Å². The minimum atomic E-state index is -0.442. The summed E-state index contributed by atoms with van der Waals surface area (Å²) in [6, 6.07) is 15.2. The first-order valence-corrected chi connectivity index (χ1v) is 9.81. The van der Waals surface area contributed by atoms with Crippen molar-refractivity contribution in [3.05, 3.63) is 96.5 Å². The van der Waals surface area contributed by atoms with E-state index in [1.165, 1.54) is 12.1 Å². The molecule has 0 fully saturated rings. The first-order chi connectivity index (χ1) is 13.8. The number of hydrogen-bond acceptors (Lipinski definition) is 4.